The highest BCUT2D eigenvalue weighted by molar-refractivity contribution is 6.53. The summed E-state index contributed by atoms with van der Waals surface area (Å²) in [6, 6.07) is 7.01. The van der Waals surface area contributed by atoms with E-state index in [1.807, 2.05) is 6.92 Å². The molecule has 1 atom stereocenters. The van der Waals surface area contributed by atoms with Crippen LogP contribution in [0.5, 0.6) is 5.75 Å². The van der Waals surface area contributed by atoms with E-state index in [1.54, 1.807) is 31.2 Å². The molecule has 22 heavy (non-hydrogen) atoms. The third-order valence-electron chi connectivity index (χ3n) is 3.50. The number of benzene rings is 1. The van der Waals surface area contributed by atoms with Crippen molar-refractivity contribution in [3.05, 3.63) is 24.3 Å². The number of carbonyl (C=O) groups excluding carboxylic acids is 2. The van der Waals surface area contributed by atoms with Crippen molar-refractivity contribution in [2.75, 3.05) is 18.5 Å². The van der Waals surface area contributed by atoms with E-state index in [-0.39, 0.29) is 0 Å². The number of para-hydroxylation sites is 2. The summed E-state index contributed by atoms with van der Waals surface area (Å²) in [6.07, 6.45) is 0.316. The van der Waals surface area contributed by atoms with Crippen molar-refractivity contribution < 1.29 is 19.1 Å². The van der Waals surface area contributed by atoms with E-state index in [0.717, 1.165) is 0 Å². The van der Waals surface area contributed by atoms with E-state index < -0.39 is 28.2 Å². The zero-order valence-electron chi connectivity index (χ0n) is 12.3. The SMILES string of the molecule is CCOc1ccccc1NC(=O)COC(=O)[C@]1(C)CC1(Cl)Cl. The molecule has 2 rings (SSSR count). The summed E-state index contributed by atoms with van der Waals surface area (Å²) >= 11 is 11.8. The van der Waals surface area contributed by atoms with Gasteiger partial charge in [-0.15, -0.1) is 23.2 Å². The maximum Gasteiger partial charge on any atom is 0.315 e. The van der Waals surface area contributed by atoms with Crippen LogP contribution in [0.2, 0.25) is 0 Å². The molecule has 0 radical (unpaired) electrons. The summed E-state index contributed by atoms with van der Waals surface area (Å²) in [5.41, 5.74) is -0.424. The molecule has 0 aromatic heterocycles. The molecule has 0 spiro atoms. The van der Waals surface area contributed by atoms with Crippen LogP contribution in [0.15, 0.2) is 24.3 Å². The zero-order chi connectivity index (χ0) is 16.4. The maximum absolute atomic E-state index is 11.9. The second kappa shape index (κ2) is 6.34. The number of esters is 1. The lowest BCUT2D eigenvalue weighted by atomic mass is 10.1. The summed E-state index contributed by atoms with van der Waals surface area (Å²) in [5.74, 6) is -0.482. The number of anilines is 1. The number of amides is 1. The summed E-state index contributed by atoms with van der Waals surface area (Å²) in [4.78, 5) is 23.7. The average Bonchev–Trinajstić information content (AvgIpc) is 2.99. The number of rotatable bonds is 6. The van der Waals surface area contributed by atoms with Crippen LogP contribution >= 0.6 is 23.2 Å². The van der Waals surface area contributed by atoms with E-state index in [2.05, 4.69) is 5.32 Å². The van der Waals surface area contributed by atoms with E-state index >= 15 is 0 Å². The Morgan fingerprint density at radius 2 is 1.95 bits per heavy atom. The first-order valence-corrected chi connectivity index (χ1v) is 7.62. The molecule has 7 heteroatoms. The van der Waals surface area contributed by atoms with Gasteiger partial charge in [0.25, 0.3) is 5.91 Å². The number of halogens is 2. The van der Waals surface area contributed by atoms with Crippen molar-refractivity contribution >= 4 is 40.8 Å². The number of hydrogen-bond acceptors (Lipinski definition) is 4. The van der Waals surface area contributed by atoms with Gasteiger partial charge in [-0.1, -0.05) is 12.1 Å². The minimum absolute atomic E-state index is 0.316. The van der Waals surface area contributed by atoms with Gasteiger partial charge in [-0.05, 0) is 26.0 Å². The van der Waals surface area contributed by atoms with Gasteiger partial charge in [-0.25, -0.2) is 0 Å². The third-order valence-corrected chi connectivity index (χ3v) is 4.61. The van der Waals surface area contributed by atoms with E-state index in [0.29, 0.717) is 24.5 Å². The maximum atomic E-state index is 11.9. The van der Waals surface area contributed by atoms with Gasteiger partial charge in [0.05, 0.1) is 12.3 Å². The van der Waals surface area contributed by atoms with E-state index in [9.17, 15) is 9.59 Å². The second-order valence-electron chi connectivity index (χ2n) is 5.27. The van der Waals surface area contributed by atoms with Crippen LogP contribution in [0.25, 0.3) is 0 Å². The van der Waals surface area contributed by atoms with Gasteiger partial charge in [-0.3, -0.25) is 9.59 Å². The molecule has 0 unspecified atom stereocenters. The number of nitrogens with one attached hydrogen (secondary N) is 1. The van der Waals surface area contributed by atoms with Gasteiger partial charge in [0.1, 0.15) is 15.5 Å². The highest BCUT2D eigenvalue weighted by atomic mass is 35.5. The molecule has 0 bridgehead atoms. The molecule has 120 valence electrons. The van der Waals surface area contributed by atoms with Gasteiger partial charge in [0, 0.05) is 6.42 Å². The molecule has 5 nitrogen and oxygen atoms in total. The molecule has 1 aromatic carbocycles. The Morgan fingerprint density at radius 1 is 1.32 bits per heavy atom. The van der Waals surface area contributed by atoms with Crippen LogP contribution in [0, 0.1) is 5.41 Å². The van der Waals surface area contributed by atoms with E-state index in [1.165, 1.54) is 0 Å². The molecular weight excluding hydrogens is 329 g/mol. The molecule has 1 fully saturated rings. The topological polar surface area (TPSA) is 64.6 Å². The Hall–Kier alpha value is -1.46. The molecule has 1 saturated carbocycles. The monoisotopic (exact) mass is 345 g/mol. The molecule has 0 aliphatic heterocycles. The average molecular weight is 346 g/mol. The van der Waals surface area contributed by atoms with Crippen molar-refractivity contribution in [3.63, 3.8) is 0 Å². The Morgan fingerprint density at radius 3 is 2.55 bits per heavy atom. The fourth-order valence-electron chi connectivity index (χ4n) is 1.95. The zero-order valence-corrected chi connectivity index (χ0v) is 13.8. The van der Waals surface area contributed by atoms with Gasteiger partial charge >= 0.3 is 5.97 Å². The highest BCUT2D eigenvalue weighted by Crippen LogP contribution is 2.64. The first-order chi connectivity index (χ1) is 10.3. The lowest BCUT2D eigenvalue weighted by molar-refractivity contribution is -0.152. The lowest BCUT2D eigenvalue weighted by Crippen LogP contribution is -2.26. The quantitative estimate of drug-likeness (QED) is 0.635. The lowest BCUT2D eigenvalue weighted by Gasteiger charge is -2.13. The Bertz CT molecular complexity index is 591. The Balaban J connectivity index is 1.88. The predicted molar refractivity (Wildman–Crippen MR) is 84.4 cm³/mol. The highest BCUT2D eigenvalue weighted by Gasteiger charge is 2.69. The minimum Gasteiger partial charge on any atom is -0.492 e. The smallest absolute Gasteiger partial charge is 0.315 e. The van der Waals surface area contributed by atoms with Crippen molar-refractivity contribution in [2.24, 2.45) is 5.41 Å². The van der Waals surface area contributed by atoms with E-state index in [4.69, 9.17) is 32.7 Å². The minimum atomic E-state index is -1.11. The van der Waals surface area contributed by atoms with Crippen LogP contribution in [0.1, 0.15) is 20.3 Å². The first kappa shape index (κ1) is 16.9. The van der Waals surface area contributed by atoms with Gasteiger partial charge in [0.15, 0.2) is 6.61 Å². The summed E-state index contributed by atoms with van der Waals surface area (Å²) in [5, 5.41) is 2.64. The van der Waals surface area contributed by atoms with Crippen molar-refractivity contribution in [1.29, 1.82) is 0 Å². The predicted octanol–water partition coefficient (Wildman–Crippen LogP) is 3.15. The molecule has 1 aliphatic carbocycles. The molecule has 1 N–H and O–H groups in total. The molecule has 1 aliphatic rings. The van der Waals surface area contributed by atoms with Gasteiger partial charge in [0.2, 0.25) is 0 Å². The van der Waals surface area contributed by atoms with Gasteiger partial charge in [-0.2, -0.15) is 0 Å². The first-order valence-electron chi connectivity index (χ1n) is 6.87. The molecular formula is C15H17Cl2NO4. The molecule has 0 saturated heterocycles. The van der Waals surface area contributed by atoms with Crippen LogP contribution in [-0.4, -0.2) is 29.4 Å². The molecule has 1 amide bonds. The number of ether oxygens (including phenoxy) is 2. The normalized spacial score (nSPS) is 21.8. The Kier molecular flexibility index (Phi) is 4.87. The molecule has 1 aromatic rings. The van der Waals surface area contributed by atoms with Crippen LogP contribution in [-0.2, 0) is 14.3 Å². The summed E-state index contributed by atoms with van der Waals surface area (Å²) in [6.45, 7) is 3.53. The fourth-order valence-corrected chi connectivity index (χ4v) is 2.64. The standard InChI is InChI=1S/C15H17Cl2NO4/c1-3-21-11-7-5-4-6-10(11)18-12(19)8-22-13(20)14(2)9-15(14,16)17/h4-7H,3,8-9H2,1-2H3,(H,18,19)/t14-/m0/s1. The van der Waals surface area contributed by atoms with Crippen molar-refractivity contribution in [1.82, 2.24) is 0 Å². The Labute approximate surface area is 138 Å². The third kappa shape index (κ3) is 3.47. The number of hydrogen-bond donors (Lipinski definition) is 1. The van der Waals surface area contributed by atoms with Crippen molar-refractivity contribution in [2.45, 2.75) is 24.6 Å². The van der Waals surface area contributed by atoms with Crippen LogP contribution in [0.3, 0.4) is 0 Å². The fraction of sp³-hybridized carbons (Fsp3) is 0.467. The second-order valence-corrected chi connectivity index (χ2v) is 6.75. The summed E-state index contributed by atoms with van der Waals surface area (Å²) in [7, 11) is 0. The number of carbonyl (C=O) groups is 2. The van der Waals surface area contributed by atoms with Crippen molar-refractivity contribution in [3.8, 4) is 5.75 Å². The molecule has 0 heterocycles. The van der Waals surface area contributed by atoms with Gasteiger partial charge < -0.3 is 14.8 Å². The number of alkyl halides is 2. The van der Waals surface area contributed by atoms with Crippen LogP contribution in [0.4, 0.5) is 5.69 Å². The van der Waals surface area contributed by atoms with Crippen LogP contribution < -0.4 is 10.1 Å². The largest absolute Gasteiger partial charge is 0.492 e. The summed E-state index contributed by atoms with van der Waals surface area (Å²) < 4.78 is 9.27.